The molecule has 210 valence electrons. The highest BCUT2D eigenvalue weighted by Crippen LogP contribution is 2.40. The summed E-state index contributed by atoms with van der Waals surface area (Å²) in [6.45, 7) is 6.47. The van der Waals surface area contributed by atoms with E-state index in [1.807, 2.05) is 19.2 Å². The van der Waals surface area contributed by atoms with Crippen LogP contribution in [0.2, 0.25) is 0 Å². The summed E-state index contributed by atoms with van der Waals surface area (Å²) < 4.78 is 31.3. The number of hydrogen-bond acceptors (Lipinski definition) is 6. The minimum absolute atomic E-state index is 0.333. The maximum absolute atomic E-state index is 11.9. The monoisotopic (exact) mass is 550 g/mol. The molecule has 0 radical (unpaired) electrons. The first-order valence-electron chi connectivity index (χ1n) is 14.5. The first-order valence-corrected chi connectivity index (χ1v) is 16.4. The van der Waals surface area contributed by atoms with Crippen molar-refractivity contribution in [1.29, 1.82) is 0 Å². The highest BCUT2D eigenvalue weighted by atomic mass is 32.2. The summed E-state index contributed by atoms with van der Waals surface area (Å²) in [7, 11) is 0.657. The number of sulfone groups is 1. The Bertz CT molecular complexity index is 1430. The molecule has 2 atom stereocenters. The van der Waals surface area contributed by atoms with Crippen molar-refractivity contribution < 1.29 is 13.2 Å². The van der Waals surface area contributed by atoms with Crippen molar-refractivity contribution in [3.8, 4) is 11.4 Å². The maximum atomic E-state index is 11.9. The van der Waals surface area contributed by atoms with Gasteiger partial charge in [0.2, 0.25) is 0 Å². The molecule has 0 spiro atoms. The fourth-order valence-electron chi connectivity index (χ4n) is 7.53. The van der Waals surface area contributed by atoms with Crippen molar-refractivity contribution >= 4 is 20.9 Å². The smallest absolute Gasteiger partial charge is 0.175 e. The second-order valence-electron chi connectivity index (χ2n) is 12.0. The zero-order valence-electron chi connectivity index (χ0n) is 23.8. The highest BCUT2D eigenvalue weighted by molar-refractivity contribution is 7.90. The molecule has 39 heavy (non-hydrogen) atoms. The molecule has 8 heteroatoms. The molecule has 7 nitrogen and oxygen atoms in total. The second kappa shape index (κ2) is 10.6. The molecule has 2 aromatic carbocycles. The SMILES string of the molecule is COCCN1C2CCC1CC(N1CCC(c3cc(C)c4nc(-c5ccc(S(C)(=O)=O)cc5)n(C)c4c3)CC1)C2. The summed E-state index contributed by atoms with van der Waals surface area (Å²) in [5.41, 5.74) is 5.74. The molecular weight excluding hydrogens is 508 g/mol. The Labute approximate surface area is 233 Å². The third-order valence-electron chi connectivity index (χ3n) is 9.67. The predicted octanol–water partition coefficient (Wildman–Crippen LogP) is 4.77. The minimum atomic E-state index is -3.22. The number of benzene rings is 2. The van der Waals surface area contributed by atoms with Crippen molar-refractivity contribution in [3.63, 3.8) is 0 Å². The van der Waals surface area contributed by atoms with Gasteiger partial charge in [0, 0.05) is 50.6 Å². The van der Waals surface area contributed by atoms with Crippen molar-refractivity contribution in [2.75, 3.05) is 39.6 Å². The Balaban J connectivity index is 1.16. The van der Waals surface area contributed by atoms with Crippen LogP contribution in [-0.2, 0) is 21.6 Å². The Hall–Kier alpha value is -2.26. The Morgan fingerprint density at radius 2 is 1.64 bits per heavy atom. The topological polar surface area (TPSA) is 67.7 Å². The zero-order chi connectivity index (χ0) is 27.3. The first kappa shape index (κ1) is 26.9. The molecule has 0 aliphatic carbocycles. The van der Waals surface area contributed by atoms with E-state index in [0.29, 0.717) is 10.8 Å². The quantitative estimate of drug-likeness (QED) is 0.422. The van der Waals surface area contributed by atoms with E-state index in [-0.39, 0.29) is 0 Å². The number of aryl methyl sites for hydroxylation is 2. The number of likely N-dealkylation sites (tertiary alicyclic amines) is 1. The van der Waals surface area contributed by atoms with Crippen molar-refractivity contribution in [3.05, 3.63) is 47.5 Å². The third-order valence-corrected chi connectivity index (χ3v) is 10.8. The number of hydrogen-bond donors (Lipinski definition) is 0. The molecule has 0 amide bonds. The van der Waals surface area contributed by atoms with Gasteiger partial charge in [-0.3, -0.25) is 4.90 Å². The molecule has 2 bridgehead atoms. The van der Waals surface area contributed by atoms with Gasteiger partial charge in [-0.1, -0.05) is 6.07 Å². The van der Waals surface area contributed by atoms with Gasteiger partial charge in [0.1, 0.15) is 5.82 Å². The van der Waals surface area contributed by atoms with Crippen LogP contribution in [0.3, 0.4) is 0 Å². The number of imidazole rings is 1. The van der Waals surface area contributed by atoms with Gasteiger partial charge in [-0.15, -0.1) is 0 Å². The summed E-state index contributed by atoms with van der Waals surface area (Å²) in [5, 5.41) is 0. The molecule has 2 unspecified atom stereocenters. The van der Waals surface area contributed by atoms with E-state index in [2.05, 4.69) is 40.5 Å². The van der Waals surface area contributed by atoms with Crippen LogP contribution in [0.4, 0.5) is 0 Å². The lowest BCUT2D eigenvalue weighted by molar-refractivity contribution is 0.0321. The number of methoxy groups -OCH3 is 1. The fourth-order valence-corrected chi connectivity index (χ4v) is 8.16. The molecular formula is C31H42N4O3S. The molecule has 3 aliphatic heterocycles. The lowest BCUT2D eigenvalue weighted by Crippen LogP contribution is -2.52. The van der Waals surface area contributed by atoms with Crippen LogP contribution in [0.5, 0.6) is 0 Å². The number of nitrogens with zero attached hydrogens (tertiary/aromatic N) is 4. The summed E-state index contributed by atoms with van der Waals surface area (Å²) in [6.07, 6.45) is 9.01. The van der Waals surface area contributed by atoms with E-state index in [1.165, 1.54) is 69.0 Å². The standard InChI is InChI=1S/C31H42N4O3S/c1-21-17-24(18-29-30(21)32-31(33(29)2)23-5-9-28(10-6-23)39(4,36)37)22-11-13-34(14-12-22)27-19-25-7-8-26(20-27)35(25)15-16-38-3/h5-6,9-10,17-18,22,25-27H,7-8,11-16,19-20H2,1-4H3. The normalized spacial score (nSPS) is 25.1. The first-order chi connectivity index (χ1) is 18.7. The molecule has 0 N–H and O–H groups in total. The van der Waals surface area contributed by atoms with Crippen LogP contribution < -0.4 is 0 Å². The van der Waals surface area contributed by atoms with Crippen LogP contribution >= 0.6 is 0 Å². The van der Waals surface area contributed by atoms with E-state index >= 15 is 0 Å². The van der Waals surface area contributed by atoms with E-state index in [1.54, 1.807) is 12.1 Å². The second-order valence-corrected chi connectivity index (χ2v) is 14.1. The van der Waals surface area contributed by atoms with E-state index < -0.39 is 9.84 Å². The summed E-state index contributed by atoms with van der Waals surface area (Å²) in [5.74, 6) is 1.45. The summed E-state index contributed by atoms with van der Waals surface area (Å²) in [6, 6.07) is 14.0. The van der Waals surface area contributed by atoms with Crippen molar-refractivity contribution in [2.45, 2.75) is 74.4 Å². The summed E-state index contributed by atoms with van der Waals surface area (Å²) >= 11 is 0. The van der Waals surface area contributed by atoms with Gasteiger partial charge in [0.05, 0.1) is 22.5 Å². The number of rotatable bonds is 7. The van der Waals surface area contributed by atoms with E-state index in [9.17, 15) is 8.42 Å². The fraction of sp³-hybridized carbons (Fsp3) is 0.581. The molecule has 3 aliphatic rings. The van der Waals surface area contributed by atoms with Crippen LogP contribution in [0, 0.1) is 6.92 Å². The molecule has 6 rings (SSSR count). The minimum Gasteiger partial charge on any atom is -0.383 e. The zero-order valence-corrected chi connectivity index (χ0v) is 24.6. The Morgan fingerprint density at radius 3 is 2.26 bits per heavy atom. The van der Waals surface area contributed by atoms with Gasteiger partial charge < -0.3 is 14.2 Å². The average Bonchev–Trinajstić information content (AvgIpc) is 3.38. The van der Waals surface area contributed by atoms with Gasteiger partial charge in [0.25, 0.3) is 0 Å². The number of piperidine rings is 2. The Kier molecular flexibility index (Phi) is 7.33. The van der Waals surface area contributed by atoms with Gasteiger partial charge in [-0.2, -0.15) is 0 Å². The van der Waals surface area contributed by atoms with Crippen molar-refractivity contribution in [1.82, 2.24) is 19.4 Å². The molecule has 3 saturated heterocycles. The molecule has 0 saturated carbocycles. The molecule has 4 heterocycles. The molecule has 3 aromatic rings. The van der Waals surface area contributed by atoms with Gasteiger partial charge in [0.15, 0.2) is 9.84 Å². The van der Waals surface area contributed by atoms with Crippen LogP contribution in [0.1, 0.15) is 55.6 Å². The van der Waals surface area contributed by atoms with E-state index in [0.717, 1.165) is 53.7 Å². The number of ether oxygens (including phenoxy) is 1. The number of aromatic nitrogens is 2. The van der Waals surface area contributed by atoms with Gasteiger partial charge in [-0.25, -0.2) is 13.4 Å². The lowest BCUT2D eigenvalue weighted by Gasteiger charge is -2.45. The van der Waals surface area contributed by atoms with Crippen LogP contribution in [0.15, 0.2) is 41.3 Å². The largest absolute Gasteiger partial charge is 0.383 e. The highest BCUT2D eigenvalue weighted by Gasteiger charge is 2.42. The third kappa shape index (κ3) is 5.17. The van der Waals surface area contributed by atoms with Crippen LogP contribution in [-0.4, -0.2) is 85.5 Å². The Morgan fingerprint density at radius 1 is 0.974 bits per heavy atom. The molecule has 3 fully saturated rings. The van der Waals surface area contributed by atoms with E-state index in [4.69, 9.17) is 9.72 Å². The average molecular weight is 551 g/mol. The molecule has 1 aromatic heterocycles. The van der Waals surface area contributed by atoms with Crippen molar-refractivity contribution in [2.24, 2.45) is 7.05 Å². The van der Waals surface area contributed by atoms with Gasteiger partial charge >= 0.3 is 0 Å². The summed E-state index contributed by atoms with van der Waals surface area (Å²) in [4.78, 5) is 10.8. The van der Waals surface area contributed by atoms with Crippen LogP contribution in [0.25, 0.3) is 22.4 Å². The van der Waals surface area contributed by atoms with Gasteiger partial charge in [-0.05, 0) is 106 Å². The number of fused-ring (bicyclic) bond motifs is 3. The predicted molar refractivity (Wildman–Crippen MR) is 156 cm³/mol. The maximum Gasteiger partial charge on any atom is 0.175 e. The lowest BCUT2D eigenvalue weighted by atomic mass is 9.86.